The quantitative estimate of drug-likeness (QED) is 0.192. The first-order valence-corrected chi connectivity index (χ1v) is 12.9. The Kier molecular flexibility index (Phi) is 8.28. The average molecular weight is 635 g/mol. The zero-order chi connectivity index (χ0) is 30.4. The van der Waals surface area contributed by atoms with E-state index in [2.05, 4.69) is 10.6 Å². The molecule has 2 atom stereocenters. The van der Waals surface area contributed by atoms with Gasteiger partial charge in [0.05, 0.1) is 27.8 Å². The molecule has 0 saturated heterocycles. The molecule has 216 valence electrons. The van der Waals surface area contributed by atoms with E-state index in [1.165, 1.54) is 31.2 Å². The predicted molar refractivity (Wildman–Crippen MR) is 146 cm³/mol. The topological polar surface area (TPSA) is 87.3 Å². The van der Waals surface area contributed by atoms with Crippen molar-refractivity contribution in [2.24, 2.45) is 5.92 Å². The maximum absolute atomic E-state index is 14.7. The van der Waals surface area contributed by atoms with Gasteiger partial charge in [-0.2, -0.15) is 13.2 Å². The van der Waals surface area contributed by atoms with Crippen LogP contribution in [0.4, 0.5) is 39.0 Å². The third-order valence-electron chi connectivity index (χ3n) is 6.24. The molecule has 0 heterocycles. The van der Waals surface area contributed by atoms with Crippen LogP contribution in [-0.4, -0.2) is 22.1 Å². The Morgan fingerprint density at radius 3 is 2.24 bits per heavy atom. The van der Waals surface area contributed by atoms with Crippen LogP contribution >= 0.6 is 34.8 Å². The van der Waals surface area contributed by atoms with Crippen LogP contribution in [0.5, 0.6) is 0 Å². The molecular weight excluding hydrogens is 616 g/mol. The number of alkyl halides is 5. The zero-order valence-corrected chi connectivity index (χ0v) is 23.3. The largest absolute Gasteiger partial charge is 0.416 e. The van der Waals surface area contributed by atoms with Gasteiger partial charge in [0, 0.05) is 18.5 Å². The highest BCUT2D eigenvalue weighted by Gasteiger charge is 2.67. The molecule has 0 aliphatic heterocycles. The van der Waals surface area contributed by atoms with Crippen molar-refractivity contribution in [3.8, 4) is 0 Å². The van der Waals surface area contributed by atoms with Crippen molar-refractivity contribution >= 4 is 69.6 Å². The number of nitrogens with one attached hydrogen (secondary N) is 3. The third kappa shape index (κ3) is 6.42. The highest BCUT2D eigenvalue weighted by atomic mass is 35.5. The molecule has 1 aliphatic rings. The van der Waals surface area contributed by atoms with Crippen molar-refractivity contribution in [2.75, 3.05) is 16.0 Å². The Morgan fingerprint density at radius 2 is 1.61 bits per heavy atom. The van der Waals surface area contributed by atoms with Gasteiger partial charge in [-0.05, 0) is 55.0 Å². The first-order valence-electron chi connectivity index (χ1n) is 11.7. The maximum atomic E-state index is 14.7. The monoisotopic (exact) mass is 633 g/mol. The summed E-state index contributed by atoms with van der Waals surface area (Å²) in [4.78, 5) is 37.2. The van der Waals surface area contributed by atoms with E-state index in [9.17, 15) is 36.3 Å². The lowest BCUT2D eigenvalue weighted by atomic mass is 10.0. The summed E-state index contributed by atoms with van der Waals surface area (Å²) in [6.45, 7) is 2.52. The SMILES string of the molecule is CC(=O)Nc1c(F)ccc(NC(=O)c2cc(NC(=O)[C@H]3[C@H](c4cc(C)cc(C(F)(F)F)c4)C3(Cl)Cl)ccc2Cl)c1F. The molecule has 1 aliphatic carbocycles. The van der Waals surface area contributed by atoms with Crippen LogP contribution in [-0.2, 0) is 15.8 Å². The minimum Gasteiger partial charge on any atom is -0.326 e. The molecule has 0 aromatic heterocycles. The van der Waals surface area contributed by atoms with Gasteiger partial charge in [-0.1, -0.05) is 23.2 Å². The average Bonchev–Trinajstić information content (AvgIpc) is 3.45. The second-order valence-electron chi connectivity index (χ2n) is 9.36. The highest BCUT2D eigenvalue weighted by Crippen LogP contribution is 2.65. The van der Waals surface area contributed by atoms with Crippen molar-refractivity contribution in [1.29, 1.82) is 0 Å². The fraction of sp³-hybridized carbons (Fsp3) is 0.222. The molecule has 1 saturated carbocycles. The molecule has 4 rings (SSSR count). The van der Waals surface area contributed by atoms with Gasteiger partial charge in [0.1, 0.15) is 15.8 Å². The second kappa shape index (κ2) is 11.1. The summed E-state index contributed by atoms with van der Waals surface area (Å²) in [6.07, 6.45) is -4.61. The van der Waals surface area contributed by atoms with Crippen LogP contribution in [0.15, 0.2) is 48.5 Å². The molecule has 3 amide bonds. The molecule has 14 heteroatoms. The molecular formula is C27H19Cl3F5N3O3. The lowest BCUT2D eigenvalue weighted by Crippen LogP contribution is -2.19. The van der Waals surface area contributed by atoms with Crippen LogP contribution in [0, 0.1) is 24.5 Å². The minimum atomic E-state index is -4.61. The minimum absolute atomic E-state index is 0.0538. The van der Waals surface area contributed by atoms with Gasteiger partial charge in [0.25, 0.3) is 5.91 Å². The zero-order valence-electron chi connectivity index (χ0n) is 21.0. The number of hydrogen-bond acceptors (Lipinski definition) is 3. The molecule has 0 spiro atoms. The van der Waals surface area contributed by atoms with Gasteiger partial charge < -0.3 is 16.0 Å². The van der Waals surface area contributed by atoms with Gasteiger partial charge in [0.2, 0.25) is 11.8 Å². The van der Waals surface area contributed by atoms with Gasteiger partial charge in [-0.3, -0.25) is 14.4 Å². The number of anilines is 3. The number of aryl methyl sites for hydroxylation is 1. The number of carbonyl (C=O) groups is 3. The number of halogens is 8. The van der Waals surface area contributed by atoms with Crippen molar-refractivity contribution in [3.63, 3.8) is 0 Å². The number of rotatable bonds is 6. The van der Waals surface area contributed by atoms with Gasteiger partial charge in [-0.25, -0.2) is 8.78 Å². The van der Waals surface area contributed by atoms with E-state index in [1.807, 2.05) is 5.32 Å². The molecule has 0 bridgehead atoms. The van der Waals surface area contributed by atoms with Crippen molar-refractivity contribution < 1.29 is 36.3 Å². The molecule has 3 aromatic rings. The Bertz CT molecular complexity index is 1580. The number of carbonyl (C=O) groups excluding carboxylic acids is 3. The van der Waals surface area contributed by atoms with E-state index in [-0.39, 0.29) is 21.8 Å². The van der Waals surface area contributed by atoms with Crippen LogP contribution in [0.1, 0.15) is 39.9 Å². The molecule has 1 fully saturated rings. The standard InChI is InChI=1S/C27H19Cl3F5N3O3/c1-11-7-13(9-14(8-11)27(33,34)35)20-21(26(20,29)30)25(41)37-15-3-4-17(28)16(10-15)24(40)38-19-6-5-18(31)23(22(19)32)36-12(2)39/h3-10,20-21H,1-2H3,(H,36,39)(H,37,41)(H,38,40)/t20-,21+/m0/s1. The molecule has 41 heavy (non-hydrogen) atoms. The second-order valence-corrected chi connectivity index (χ2v) is 11.2. The highest BCUT2D eigenvalue weighted by molar-refractivity contribution is 6.53. The number of amides is 3. The van der Waals surface area contributed by atoms with E-state index in [0.29, 0.717) is 5.56 Å². The smallest absolute Gasteiger partial charge is 0.326 e. The van der Waals surface area contributed by atoms with Crippen molar-refractivity contribution in [3.05, 3.63) is 87.4 Å². The first-order chi connectivity index (χ1) is 19.0. The van der Waals surface area contributed by atoms with E-state index in [4.69, 9.17) is 34.8 Å². The Labute approximate surface area is 245 Å². The fourth-order valence-corrected chi connectivity index (χ4v) is 5.38. The number of hydrogen-bond donors (Lipinski definition) is 3. The number of benzene rings is 3. The first kappa shape index (κ1) is 30.5. The fourth-order valence-electron chi connectivity index (χ4n) is 4.35. The van der Waals surface area contributed by atoms with Crippen LogP contribution in [0.25, 0.3) is 0 Å². The summed E-state index contributed by atoms with van der Waals surface area (Å²) in [5, 5.41) is 6.65. The summed E-state index contributed by atoms with van der Waals surface area (Å²) in [6, 6.07) is 8.88. The van der Waals surface area contributed by atoms with E-state index in [0.717, 1.165) is 31.2 Å². The Hall–Kier alpha value is -3.41. The molecule has 6 nitrogen and oxygen atoms in total. The van der Waals surface area contributed by atoms with Crippen molar-refractivity contribution in [1.82, 2.24) is 0 Å². The summed E-state index contributed by atoms with van der Waals surface area (Å²) in [5.74, 6) is -6.77. The lowest BCUT2D eigenvalue weighted by Gasteiger charge is -2.13. The summed E-state index contributed by atoms with van der Waals surface area (Å²) < 4.78 is 66.9. The Morgan fingerprint density at radius 1 is 0.927 bits per heavy atom. The van der Waals surface area contributed by atoms with Crippen LogP contribution < -0.4 is 16.0 Å². The maximum Gasteiger partial charge on any atom is 0.416 e. The molecule has 0 radical (unpaired) electrons. The summed E-state index contributed by atoms with van der Waals surface area (Å²) in [7, 11) is 0. The summed E-state index contributed by atoms with van der Waals surface area (Å²) in [5.41, 5.74) is -1.84. The van der Waals surface area contributed by atoms with Crippen molar-refractivity contribution in [2.45, 2.75) is 30.3 Å². The van der Waals surface area contributed by atoms with Gasteiger partial charge in [-0.15, -0.1) is 23.2 Å². The van der Waals surface area contributed by atoms with Crippen LogP contribution in [0.2, 0.25) is 5.02 Å². The van der Waals surface area contributed by atoms with Crippen LogP contribution in [0.3, 0.4) is 0 Å². The van der Waals surface area contributed by atoms with Gasteiger partial charge >= 0.3 is 6.18 Å². The van der Waals surface area contributed by atoms with E-state index >= 15 is 0 Å². The lowest BCUT2D eigenvalue weighted by molar-refractivity contribution is -0.137. The third-order valence-corrected chi connectivity index (χ3v) is 7.51. The van der Waals surface area contributed by atoms with E-state index < -0.39 is 68.6 Å². The Balaban J connectivity index is 1.54. The predicted octanol–water partition coefficient (Wildman–Crippen LogP) is 7.68. The molecule has 0 unspecified atom stereocenters. The van der Waals surface area contributed by atoms with Gasteiger partial charge in [0.15, 0.2) is 5.82 Å². The summed E-state index contributed by atoms with van der Waals surface area (Å²) >= 11 is 18.7. The molecule has 3 N–H and O–H groups in total. The molecule has 3 aromatic carbocycles. The van der Waals surface area contributed by atoms with E-state index in [1.54, 1.807) is 0 Å². The normalized spacial score (nSPS) is 17.5.